The Labute approximate surface area is 187 Å². The minimum absolute atomic E-state index is 0.277. The highest BCUT2D eigenvalue weighted by molar-refractivity contribution is 6.08. The number of hydrogen-bond acceptors (Lipinski definition) is 0. The molecule has 1 heteroatoms. The fraction of sp³-hybridized carbons (Fsp3) is 0.0323. The third-order valence-electron chi connectivity index (χ3n) is 6.90. The standard InChI is InChI=1S/C31H21N/c1-2-8-20(9-3-1)31-26-12-5-4-10-23(26)24-16-14-21(19-28(24)31)22-15-17-30-27(18-22)25-11-6-7-13-29(25)32-30/h1-19,31-32H. The molecule has 1 unspecified atom stereocenters. The van der Waals surface area contributed by atoms with Gasteiger partial charge in [0.1, 0.15) is 0 Å². The largest absolute Gasteiger partial charge is 0.355 e. The molecule has 0 fully saturated rings. The molecule has 0 aliphatic heterocycles. The van der Waals surface area contributed by atoms with Crippen molar-refractivity contribution in [1.82, 2.24) is 4.98 Å². The van der Waals surface area contributed by atoms with Crippen LogP contribution in [0.25, 0.3) is 44.1 Å². The number of H-pyrrole nitrogens is 1. The van der Waals surface area contributed by atoms with Crippen LogP contribution in [0.3, 0.4) is 0 Å². The highest BCUT2D eigenvalue weighted by atomic mass is 14.7. The number of benzene rings is 5. The molecule has 1 heterocycles. The summed E-state index contributed by atoms with van der Waals surface area (Å²) < 4.78 is 0. The molecule has 1 aliphatic carbocycles. The van der Waals surface area contributed by atoms with Crippen LogP contribution < -0.4 is 0 Å². The molecule has 1 aromatic heterocycles. The van der Waals surface area contributed by atoms with E-state index >= 15 is 0 Å². The summed E-state index contributed by atoms with van der Waals surface area (Å²) >= 11 is 0. The lowest BCUT2D eigenvalue weighted by atomic mass is 9.88. The van der Waals surface area contributed by atoms with Crippen LogP contribution in [0.5, 0.6) is 0 Å². The highest BCUT2D eigenvalue weighted by Gasteiger charge is 2.29. The predicted molar refractivity (Wildman–Crippen MR) is 134 cm³/mol. The van der Waals surface area contributed by atoms with Gasteiger partial charge >= 0.3 is 0 Å². The SMILES string of the molecule is c1ccc(C2c3ccccc3-c3ccc(-c4ccc5[nH]c6ccccc6c5c4)cc32)cc1. The second-order valence-corrected chi connectivity index (χ2v) is 8.66. The molecule has 0 spiro atoms. The maximum absolute atomic E-state index is 3.54. The van der Waals surface area contributed by atoms with E-state index in [0.29, 0.717) is 0 Å². The van der Waals surface area contributed by atoms with E-state index in [2.05, 4.69) is 120 Å². The minimum atomic E-state index is 0.277. The number of fused-ring (bicyclic) bond motifs is 6. The van der Waals surface area contributed by atoms with Gasteiger partial charge in [0.2, 0.25) is 0 Å². The van der Waals surface area contributed by atoms with Crippen LogP contribution in [-0.4, -0.2) is 4.98 Å². The Balaban J connectivity index is 1.43. The molecule has 0 saturated heterocycles. The first-order valence-electron chi connectivity index (χ1n) is 11.2. The average molecular weight is 408 g/mol. The van der Waals surface area contributed by atoms with Crippen LogP contribution in [0.2, 0.25) is 0 Å². The lowest BCUT2D eigenvalue weighted by molar-refractivity contribution is 1.02. The van der Waals surface area contributed by atoms with Crippen molar-refractivity contribution in [2.45, 2.75) is 5.92 Å². The molecule has 0 radical (unpaired) electrons. The number of nitrogens with one attached hydrogen (secondary N) is 1. The molecular weight excluding hydrogens is 386 g/mol. The van der Waals surface area contributed by atoms with Gasteiger partial charge in [-0.2, -0.15) is 0 Å². The summed E-state index contributed by atoms with van der Waals surface area (Å²) in [6, 6.07) is 42.0. The second-order valence-electron chi connectivity index (χ2n) is 8.66. The van der Waals surface area contributed by atoms with Gasteiger partial charge in [0, 0.05) is 27.7 Å². The van der Waals surface area contributed by atoms with Crippen molar-refractivity contribution in [3.05, 3.63) is 132 Å². The van der Waals surface area contributed by atoms with Gasteiger partial charge in [-0.3, -0.25) is 0 Å². The van der Waals surface area contributed by atoms with E-state index in [1.165, 1.54) is 60.8 Å². The monoisotopic (exact) mass is 407 g/mol. The summed E-state index contributed by atoms with van der Waals surface area (Å²) in [5.41, 5.74) is 11.8. The smallest absolute Gasteiger partial charge is 0.0465 e. The molecule has 0 bridgehead atoms. The molecule has 1 N–H and O–H groups in total. The molecule has 0 amide bonds. The molecule has 1 nitrogen and oxygen atoms in total. The molecule has 150 valence electrons. The Bertz CT molecular complexity index is 1620. The fourth-order valence-electron chi connectivity index (χ4n) is 5.42. The van der Waals surface area contributed by atoms with E-state index in [-0.39, 0.29) is 5.92 Å². The molecule has 7 rings (SSSR count). The number of aromatic nitrogens is 1. The maximum atomic E-state index is 3.54. The van der Waals surface area contributed by atoms with Crippen LogP contribution in [-0.2, 0) is 0 Å². The fourth-order valence-corrected chi connectivity index (χ4v) is 5.42. The Kier molecular flexibility index (Phi) is 3.68. The summed E-state index contributed by atoms with van der Waals surface area (Å²) in [6.45, 7) is 0. The number of hydrogen-bond donors (Lipinski definition) is 1. The lowest BCUT2D eigenvalue weighted by Crippen LogP contribution is -1.99. The zero-order valence-electron chi connectivity index (χ0n) is 17.5. The van der Waals surface area contributed by atoms with E-state index in [0.717, 1.165) is 0 Å². The number of rotatable bonds is 2. The van der Waals surface area contributed by atoms with Crippen LogP contribution in [0.1, 0.15) is 22.6 Å². The van der Waals surface area contributed by atoms with E-state index < -0.39 is 0 Å². The lowest BCUT2D eigenvalue weighted by Gasteiger charge is -2.15. The van der Waals surface area contributed by atoms with Gasteiger partial charge in [0.15, 0.2) is 0 Å². The highest BCUT2D eigenvalue weighted by Crippen LogP contribution is 2.49. The summed E-state index contributed by atoms with van der Waals surface area (Å²) in [7, 11) is 0. The molecule has 0 saturated carbocycles. The quantitative estimate of drug-likeness (QED) is 0.298. The van der Waals surface area contributed by atoms with E-state index in [1.54, 1.807) is 0 Å². The van der Waals surface area contributed by atoms with Gasteiger partial charge in [-0.25, -0.2) is 0 Å². The number of aromatic amines is 1. The van der Waals surface area contributed by atoms with Gasteiger partial charge in [-0.05, 0) is 63.2 Å². The normalized spacial score (nSPS) is 14.6. The van der Waals surface area contributed by atoms with Gasteiger partial charge in [-0.1, -0.05) is 91.0 Å². The zero-order chi connectivity index (χ0) is 21.1. The third-order valence-corrected chi connectivity index (χ3v) is 6.90. The minimum Gasteiger partial charge on any atom is -0.355 e. The van der Waals surface area contributed by atoms with Crippen molar-refractivity contribution in [3.63, 3.8) is 0 Å². The van der Waals surface area contributed by atoms with E-state index in [4.69, 9.17) is 0 Å². The van der Waals surface area contributed by atoms with Crippen LogP contribution in [0, 0.1) is 0 Å². The van der Waals surface area contributed by atoms with Crippen molar-refractivity contribution in [2.75, 3.05) is 0 Å². The number of para-hydroxylation sites is 1. The molecule has 1 atom stereocenters. The van der Waals surface area contributed by atoms with Gasteiger partial charge in [-0.15, -0.1) is 0 Å². The van der Waals surface area contributed by atoms with Crippen LogP contribution in [0.4, 0.5) is 0 Å². The Morgan fingerprint density at radius 2 is 1.16 bits per heavy atom. The summed E-state index contributed by atoms with van der Waals surface area (Å²) in [4.78, 5) is 3.54. The zero-order valence-corrected chi connectivity index (χ0v) is 17.5. The van der Waals surface area contributed by atoms with E-state index in [9.17, 15) is 0 Å². The summed E-state index contributed by atoms with van der Waals surface area (Å²) in [6.07, 6.45) is 0. The summed E-state index contributed by atoms with van der Waals surface area (Å²) in [5, 5.41) is 2.56. The average Bonchev–Trinajstić information content (AvgIpc) is 3.39. The molecule has 32 heavy (non-hydrogen) atoms. The third kappa shape index (κ3) is 2.52. The molecule has 1 aliphatic rings. The Hall–Kier alpha value is -4.10. The first-order valence-corrected chi connectivity index (χ1v) is 11.2. The van der Waals surface area contributed by atoms with Crippen molar-refractivity contribution in [2.24, 2.45) is 0 Å². The first-order chi connectivity index (χ1) is 15.9. The van der Waals surface area contributed by atoms with Crippen molar-refractivity contribution in [1.29, 1.82) is 0 Å². The van der Waals surface area contributed by atoms with Crippen molar-refractivity contribution < 1.29 is 0 Å². The summed E-state index contributed by atoms with van der Waals surface area (Å²) in [5.74, 6) is 0.277. The van der Waals surface area contributed by atoms with Crippen molar-refractivity contribution in [3.8, 4) is 22.3 Å². The van der Waals surface area contributed by atoms with Crippen LogP contribution in [0.15, 0.2) is 115 Å². The van der Waals surface area contributed by atoms with Crippen molar-refractivity contribution >= 4 is 21.8 Å². The topological polar surface area (TPSA) is 15.8 Å². The predicted octanol–water partition coefficient (Wildman–Crippen LogP) is 8.15. The van der Waals surface area contributed by atoms with Gasteiger partial charge < -0.3 is 4.98 Å². The molecular formula is C31H21N. The Morgan fingerprint density at radius 1 is 0.469 bits per heavy atom. The van der Waals surface area contributed by atoms with Crippen LogP contribution >= 0.6 is 0 Å². The maximum Gasteiger partial charge on any atom is 0.0465 e. The Morgan fingerprint density at radius 3 is 2.09 bits per heavy atom. The van der Waals surface area contributed by atoms with Gasteiger partial charge in [0.05, 0.1) is 0 Å². The first kappa shape index (κ1) is 17.6. The van der Waals surface area contributed by atoms with Gasteiger partial charge in [0.25, 0.3) is 0 Å². The van der Waals surface area contributed by atoms with E-state index in [1.807, 2.05) is 0 Å². The second kappa shape index (κ2) is 6.70. The molecule has 5 aromatic carbocycles. The molecule has 6 aromatic rings.